The highest BCUT2D eigenvalue weighted by Crippen LogP contribution is 2.26. The van der Waals surface area contributed by atoms with E-state index in [0.717, 1.165) is 5.56 Å². The first-order valence-electron chi connectivity index (χ1n) is 5.22. The van der Waals surface area contributed by atoms with Gasteiger partial charge in [0.15, 0.2) is 0 Å². The molecular formula is C11H14ClNO3S. The van der Waals surface area contributed by atoms with Crippen LogP contribution >= 0.6 is 22.9 Å². The lowest BCUT2D eigenvalue weighted by molar-refractivity contribution is -0.141. The van der Waals surface area contributed by atoms with Gasteiger partial charge in [-0.1, -0.05) is 18.5 Å². The molecule has 0 spiro atoms. The van der Waals surface area contributed by atoms with Crippen LogP contribution in [0.3, 0.4) is 0 Å². The van der Waals surface area contributed by atoms with E-state index in [1.165, 1.54) is 11.3 Å². The lowest BCUT2D eigenvalue weighted by atomic mass is 10.1. The molecule has 0 saturated heterocycles. The van der Waals surface area contributed by atoms with E-state index in [0.29, 0.717) is 16.3 Å². The highest BCUT2D eigenvalue weighted by Gasteiger charge is 2.19. The molecule has 1 rings (SSSR count). The van der Waals surface area contributed by atoms with E-state index < -0.39 is 11.9 Å². The molecule has 1 aromatic rings. The molecule has 1 unspecified atom stereocenters. The van der Waals surface area contributed by atoms with Gasteiger partial charge in [0.1, 0.15) is 4.88 Å². The number of nitrogens with one attached hydrogen (secondary N) is 1. The van der Waals surface area contributed by atoms with E-state index in [9.17, 15) is 9.59 Å². The Hall–Kier alpha value is -1.07. The van der Waals surface area contributed by atoms with Gasteiger partial charge in [-0.2, -0.15) is 0 Å². The van der Waals surface area contributed by atoms with Gasteiger partial charge in [-0.3, -0.25) is 9.59 Å². The number of hydrogen-bond acceptors (Lipinski definition) is 3. The lowest BCUT2D eigenvalue weighted by Gasteiger charge is -2.10. The van der Waals surface area contributed by atoms with Crippen molar-refractivity contribution in [3.8, 4) is 0 Å². The van der Waals surface area contributed by atoms with Gasteiger partial charge in [0.05, 0.1) is 10.9 Å². The van der Waals surface area contributed by atoms with Crippen LogP contribution < -0.4 is 5.32 Å². The maximum Gasteiger partial charge on any atom is 0.308 e. The zero-order valence-corrected chi connectivity index (χ0v) is 11.2. The second-order valence-electron chi connectivity index (χ2n) is 3.72. The van der Waals surface area contributed by atoms with Gasteiger partial charge in [0.2, 0.25) is 0 Å². The van der Waals surface area contributed by atoms with Crippen LogP contribution in [0.4, 0.5) is 0 Å². The van der Waals surface area contributed by atoms with Crippen molar-refractivity contribution in [3.05, 3.63) is 20.8 Å². The summed E-state index contributed by atoms with van der Waals surface area (Å²) in [7, 11) is 0. The van der Waals surface area contributed by atoms with Gasteiger partial charge < -0.3 is 10.4 Å². The molecule has 0 bridgehead atoms. The number of amides is 1. The molecule has 1 heterocycles. The fourth-order valence-corrected chi connectivity index (χ4v) is 2.48. The Bertz CT molecular complexity index is 430. The van der Waals surface area contributed by atoms with Crippen LogP contribution in [0.5, 0.6) is 0 Å². The molecular weight excluding hydrogens is 262 g/mol. The first-order valence-corrected chi connectivity index (χ1v) is 6.47. The number of carboxylic acids is 1. The summed E-state index contributed by atoms with van der Waals surface area (Å²) in [6.45, 7) is 3.72. The van der Waals surface area contributed by atoms with Crippen LogP contribution in [0, 0.1) is 12.8 Å². The average Bonchev–Trinajstić information content (AvgIpc) is 2.60. The average molecular weight is 276 g/mol. The first kappa shape index (κ1) is 14.0. The molecule has 2 N–H and O–H groups in total. The molecule has 0 fully saturated rings. The quantitative estimate of drug-likeness (QED) is 0.868. The molecule has 1 amide bonds. The standard InChI is InChI=1S/C11H14ClNO3S/c1-3-7(11(15)16)4-13-10(14)9-8(12)6(2)5-17-9/h5,7H,3-4H2,1-2H3,(H,13,14)(H,15,16). The Balaban J connectivity index is 2.61. The van der Waals surface area contributed by atoms with E-state index in [-0.39, 0.29) is 12.5 Å². The van der Waals surface area contributed by atoms with E-state index in [1.807, 2.05) is 6.92 Å². The summed E-state index contributed by atoms with van der Waals surface area (Å²) < 4.78 is 0. The first-order chi connectivity index (χ1) is 7.97. The molecule has 4 nitrogen and oxygen atoms in total. The van der Waals surface area contributed by atoms with Crippen molar-refractivity contribution in [3.63, 3.8) is 0 Å². The van der Waals surface area contributed by atoms with Crippen molar-refractivity contribution in [2.24, 2.45) is 5.92 Å². The normalized spacial score (nSPS) is 12.2. The third kappa shape index (κ3) is 3.44. The summed E-state index contributed by atoms with van der Waals surface area (Å²) in [5.74, 6) is -1.77. The summed E-state index contributed by atoms with van der Waals surface area (Å²) in [6, 6.07) is 0. The monoisotopic (exact) mass is 275 g/mol. The lowest BCUT2D eigenvalue weighted by Crippen LogP contribution is -2.32. The van der Waals surface area contributed by atoms with Gasteiger partial charge in [0, 0.05) is 6.54 Å². The molecule has 0 aliphatic heterocycles. The SMILES string of the molecule is CCC(CNC(=O)c1scc(C)c1Cl)C(=O)O. The number of hydrogen-bond donors (Lipinski definition) is 2. The number of aliphatic carboxylic acids is 1. The number of rotatable bonds is 5. The minimum Gasteiger partial charge on any atom is -0.481 e. The summed E-state index contributed by atoms with van der Waals surface area (Å²) >= 11 is 7.21. The molecule has 0 aliphatic rings. The van der Waals surface area contributed by atoms with Gasteiger partial charge in [-0.05, 0) is 24.3 Å². The molecule has 0 radical (unpaired) electrons. The summed E-state index contributed by atoms with van der Waals surface area (Å²) in [5, 5.41) is 13.7. The zero-order valence-electron chi connectivity index (χ0n) is 9.62. The van der Waals surface area contributed by atoms with Gasteiger partial charge in [-0.25, -0.2) is 0 Å². The van der Waals surface area contributed by atoms with E-state index >= 15 is 0 Å². The van der Waals surface area contributed by atoms with Crippen molar-refractivity contribution in [2.45, 2.75) is 20.3 Å². The number of carbonyl (C=O) groups excluding carboxylic acids is 1. The van der Waals surface area contributed by atoms with Crippen LogP contribution in [-0.4, -0.2) is 23.5 Å². The summed E-state index contributed by atoms with van der Waals surface area (Å²) in [5.41, 5.74) is 0.854. The predicted molar refractivity (Wildman–Crippen MR) is 67.8 cm³/mol. The molecule has 94 valence electrons. The van der Waals surface area contributed by atoms with Gasteiger partial charge in [-0.15, -0.1) is 11.3 Å². The third-order valence-corrected chi connectivity index (χ3v) is 4.15. The fourth-order valence-electron chi connectivity index (χ4n) is 1.29. The van der Waals surface area contributed by atoms with E-state index in [2.05, 4.69) is 5.32 Å². The Morgan fingerprint density at radius 1 is 1.59 bits per heavy atom. The third-order valence-electron chi connectivity index (χ3n) is 2.46. The van der Waals surface area contributed by atoms with Gasteiger partial charge >= 0.3 is 5.97 Å². The number of carboxylic acid groups (broad SMARTS) is 1. The number of halogens is 1. The maximum absolute atomic E-state index is 11.7. The molecule has 0 aromatic carbocycles. The summed E-state index contributed by atoms with van der Waals surface area (Å²) in [4.78, 5) is 23.0. The predicted octanol–water partition coefficient (Wildman–Crippen LogP) is 2.55. The van der Waals surface area contributed by atoms with Crippen LogP contribution in [0.2, 0.25) is 5.02 Å². The van der Waals surface area contributed by atoms with Crippen LogP contribution in [0.25, 0.3) is 0 Å². The highest BCUT2D eigenvalue weighted by atomic mass is 35.5. The second-order valence-corrected chi connectivity index (χ2v) is 4.97. The Morgan fingerprint density at radius 2 is 2.24 bits per heavy atom. The number of aryl methyl sites for hydroxylation is 1. The fraction of sp³-hybridized carbons (Fsp3) is 0.455. The van der Waals surface area contributed by atoms with Gasteiger partial charge in [0.25, 0.3) is 5.91 Å². The van der Waals surface area contributed by atoms with E-state index in [1.54, 1.807) is 12.3 Å². The van der Waals surface area contributed by atoms with Crippen LogP contribution in [0.15, 0.2) is 5.38 Å². The number of carbonyl (C=O) groups is 2. The molecule has 1 aromatic heterocycles. The zero-order chi connectivity index (χ0) is 13.0. The summed E-state index contributed by atoms with van der Waals surface area (Å²) in [6.07, 6.45) is 0.479. The highest BCUT2D eigenvalue weighted by molar-refractivity contribution is 7.13. The molecule has 6 heteroatoms. The topological polar surface area (TPSA) is 66.4 Å². The molecule has 0 aliphatic carbocycles. The second kappa shape index (κ2) is 6.02. The Kier molecular flexibility index (Phi) is 4.96. The Labute approximate surface area is 109 Å². The molecule has 17 heavy (non-hydrogen) atoms. The minimum atomic E-state index is -0.902. The molecule has 0 saturated carbocycles. The van der Waals surface area contributed by atoms with Crippen molar-refractivity contribution in [1.29, 1.82) is 0 Å². The van der Waals surface area contributed by atoms with Crippen molar-refractivity contribution < 1.29 is 14.7 Å². The number of thiophene rings is 1. The van der Waals surface area contributed by atoms with Crippen molar-refractivity contribution in [2.75, 3.05) is 6.54 Å². The minimum absolute atomic E-state index is 0.123. The maximum atomic E-state index is 11.7. The van der Waals surface area contributed by atoms with Crippen molar-refractivity contribution >= 4 is 34.8 Å². The smallest absolute Gasteiger partial charge is 0.308 e. The largest absolute Gasteiger partial charge is 0.481 e. The van der Waals surface area contributed by atoms with E-state index in [4.69, 9.17) is 16.7 Å². The van der Waals surface area contributed by atoms with Crippen molar-refractivity contribution in [1.82, 2.24) is 5.32 Å². The van der Waals surface area contributed by atoms with Crippen LogP contribution in [0.1, 0.15) is 28.6 Å². The van der Waals surface area contributed by atoms with Crippen LogP contribution in [-0.2, 0) is 4.79 Å². The Morgan fingerprint density at radius 3 is 2.65 bits per heavy atom. The molecule has 1 atom stereocenters.